The van der Waals surface area contributed by atoms with Crippen molar-refractivity contribution in [1.29, 1.82) is 0 Å². The lowest BCUT2D eigenvalue weighted by molar-refractivity contribution is 0.0594. The number of hydrogen-bond donors (Lipinski definition) is 1. The number of methoxy groups -OCH3 is 1. The van der Waals surface area contributed by atoms with E-state index in [-0.39, 0.29) is 11.0 Å². The first kappa shape index (κ1) is 13.4. The van der Waals surface area contributed by atoms with Gasteiger partial charge in [-0.15, -0.1) is 18.3 Å². The third-order valence-electron chi connectivity index (χ3n) is 2.61. The fraction of sp³-hybridized carbons (Fsp3) is 0.143. The van der Waals surface area contributed by atoms with Crippen molar-refractivity contribution >= 4 is 28.6 Å². The highest BCUT2D eigenvalue weighted by atomic mass is 32.2. The molecule has 0 amide bonds. The lowest BCUT2D eigenvalue weighted by Gasteiger charge is -2.08. The molecule has 1 aromatic carbocycles. The number of benzene rings is 1. The van der Waals surface area contributed by atoms with Crippen LogP contribution < -0.4 is 5.43 Å². The standard InChI is InChI=1S/C14H13NO3S/c1-3-8-19-13-11(14(17)18-2)12(16)9-6-4-5-7-10(9)15-13/h3-7H,1,8H2,2H3,(H,15,16). The Morgan fingerprint density at radius 1 is 1.47 bits per heavy atom. The van der Waals surface area contributed by atoms with Crippen LogP contribution in [0.3, 0.4) is 0 Å². The van der Waals surface area contributed by atoms with Gasteiger partial charge in [0.05, 0.1) is 17.7 Å². The molecule has 0 spiro atoms. The van der Waals surface area contributed by atoms with Crippen LogP contribution in [0.25, 0.3) is 10.9 Å². The lowest BCUT2D eigenvalue weighted by atomic mass is 10.1. The summed E-state index contributed by atoms with van der Waals surface area (Å²) in [5.74, 6) is -0.0308. The summed E-state index contributed by atoms with van der Waals surface area (Å²) >= 11 is 1.35. The highest BCUT2D eigenvalue weighted by Gasteiger charge is 2.19. The number of ether oxygens (including phenoxy) is 1. The number of H-pyrrole nitrogens is 1. The molecule has 0 atom stereocenters. The minimum atomic E-state index is -0.626. The molecule has 0 radical (unpaired) electrons. The number of thioether (sulfide) groups is 1. The Bertz CT molecular complexity index is 691. The molecular formula is C14H13NO3S. The minimum absolute atomic E-state index is 0.0491. The molecule has 1 N–H and O–H groups in total. The molecule has 0 aliphatic carbocycles. The zero-order valence-electron chi connectivity index (χ0n) is 10.4. The van der Waals surface area contributed by atoms with Crippen molar-refractivity contribution < 1.29 is 9.53 Å². The molecule has 1 aromatic heterocycles. The van der Waals surface area contributed by atoms with Gasteiger partial charge in [0.1, 0.15) is 5.56 Å². The number of aromatic nitrogens is 1. The molecule has 2 rings (SSSR count). The first-order valence-electron chi connectivity index (χ1n) is 5.66. The van der Waals surface area contributed by atoms with Crippen molar-refractivity contribution in [3.05, 3.63) is 52.7 Å². The Labute approximate surface area is 114 Å². The smallest absolute Gasteiger partial charge is 0.344 e. The van der Waals surface area contributed by atoms with Crippen LogP contribution >= 0.6 is 11.8 Å². The molecule has 4 nitrogen and oxygen atoms in total. The van der Waals surface area contributed by atoms with Crippen molar-refractivity contribution in [1.82, 2.24) is 4.98 Å². The lowest BCUT2D eigenvalue weighted by Crippen LogP contribution is -2.19. The molecule has 0 unspecified atom stereocenters. The van der Waals surface area contributed by atoms with E-state index in [0.717, 1.165) is 0 Å². The van der Waals surface area contributed by atoms with Crippen LogP contribution in [0.1, 0.15) is 10.4 Å². The van der Waals surface area contributed by atoms with E-state index in [1.807, 2.05) is 6.07 Å². The summed E-state index contributed by atoms with van der Waals surface area (Å²) in [6, 6.07) is 7.07. The molecule has 0 saturated carbocycles. The molecule has 98 valence electrons. The van der Waals surface area contributed by atoms with Crippen LogP contribution in [0.4, 0.5) is 0 Å². The van der Waals surface area contributed by atoms with E-state index in [0.29, 0.717) is 21.7 Å². The molecule has 0 aliphatic heterocycles. The van der Waals surface area contributed by atoms with E-state index in [1.165, 1.54) is 18.9 Å². The molecule has 1 heterocycles. The predicted octanol–water partition coefficient (Wildman–Crippen LogP) is 2.59. The molecule has 0 saturated heterocycles. The summed E-state index contributed by atoms with van der Waals surface area (Å²) in [6.07, 6.45) is 1.71. The average molecular weight is 275 g/mol. The van der Waals surface area contributed by atoms with E-state index < -0.39 is 5.97 Å². The zero-order valence-corrected chi connectivity index (χ0v) is 11.3. The monoisotopic (exact) mass is 275 g/mol. The van der Waals surface area contributed by atoms with E-state index in [9.17, 15) is 9.59 Å². The van der Waals surface area contributed by atoms with Gasteiger partial charge in [0, 0.05) is 11.1 Å². The van der Waals surface area contributed by atoms with Crippen molar-refractivity contribution in [2.45, 2.75) is 5.03 Å². The summed E-state index contributed by atoms with van der Waals surface area (Å²) in [6.45, 7) is 3.63. The predicted molar refractivity (Wildman–Crippen MR) is 76.8 cm³/mol. The molecule has 0 bridgehead atoms. The summed E-state index contributed by atoms with van der Waals surface area (Å²) < 4.78 is 4.69. The van der Waals surface area contributed by atoms with Crippen LogP contribution in [-0.4, -0.2) is 23.8 Å². The number of rotatable bonds is 4. The van der Waals surface area contributed by atoms with Crippen molar-refractivity contribution in [2.75, 3.05) is 12.9 Å². The zero-order chi connectivity index (χ0) is 13.8. The van der Waals surface area contributed by atoms with Gasteiger partial charge in [0.15, 0.2) is 0 Å². The van der Waals surface area contributed by atoms with Gasteiger partial charge in [0.25, 0.3) is 0 Å². The molecule has 0 fully saturated rings. The summed E-state index contributed by atoms with van der Waals surface area (Å²) in [5, 5.41) is 0.987. The fourth-order valence-electron chi connectivity index (χ4n) is 1.75. The largest absolute Gasteiger partial charge is 0.465 e. The Morgan fingerprint density at radius 2 is 2.21 bits per heavy atom. The quantitative estimate of drug-likeness (QED) is 0.529. The molecule has 5 heteroatoms. The highest BCUT2D eigenvalue weighted by Crippen LogP contribution is 2.22. The Morgan fingerprint density at radius 3 is 2.89 bits per heavy atom. The summed E-state index contributed by atoms with van der Waals surface area (Å²) in [5.41, 5.74) is 0.438. The first-order chi connectivity index (χ1) is 9.19. The van der Waals surface area contributed by atoms with E-state index in [1.54, 1.807) is 24.3 Å². The molecule has 0 aliphatic rings. The number of pyridine rings is 1. The van der Waals surface area contributed by atoms with Crippen LogP contribution in [0.2, 0.25) is 0 Å². The molecular weight excluding hydrogens is 262 g/mol. The van der Waals surface area contributed by atoms with E-state index >= 15 is 0 Å². The SMILES string of the molecule is C=CCSc1[nH]c2ccccc2c(=O)c1C(=O)OC. The van der Waals surface area contributed by atoms with Gasteiger partial charge in [-0.25, -0.2) is 4.79 Å². The van der Waals surface area contributed by atoms with Gasteiger partial charge in [-0.2, -0.15) is 0 Å². The third kappa shape index (κ3) is 2.56. The van der Waals surface area contributed by atoms with Crippen molar-refractivity contribution in [2.24, 2.45) is 0 Å². The normalized spacial score (nSPS) is 10.4. The topological polar surface area (TPSA) is 59.2 Å². The van der Waals surface area contributed by atoms with Crippen LogP contribution in [-0.2, 0) is 4.74 Å². The number of aromatic amines is 1. The molecule has 19 heavy (non-hydrogen) atoms. The Hall–Kier alpha value is -2.01. The average Bonchev–Trinajstić information content (AvgIpc) is 2.44. The number of para-hydroxylation sites is 1. The minimum Gasteiger partial charge on any atom is -0.465 e. The maximum atomic E-state index is 12.4. The van der Waals surface area contributed by atoms with Crippen LogP contribution in [0, 0.1) is 0 Å². The summed E-state index contributed by atoms with van der Waals surface area (Å²) in [4.78, 5) is 27.2. The fourth-order valence-corrected chi connectivity index (χ4v) is 2.54. The van der Waals surface area contributed by atoms with E-state index in [2.05, 4.69) is 16.3 Å². The van der Waals surface area contributed by atoms with Gasteiger partial charge in [-0.1, -0.05) is 18.2 Å². The first-order valence-corrected chi connectivity index (χ1v) is 6.64. The van der Waals surface area contributed by atoms with Gasteiger partial charge < -0.3 is 9.72 Å². The van der Waals surface area contributed by atoms with Crippen molar-refractivity contribution in [3.8, 4) is 0 Å². The number of hydrogen-bond acceptors (Lipinski definition) is 4. The summed E-state index contributed by atoms with van der Waals surface area (Å²) in [7, 11) is 1.26. The maximum absolute atomic E-state index is 12.4. The number of esters is 1. The van der Waals surface area contributed by atoms with Gasteiger partial charge in [0.2, 0.25) is 5.43 Å². The maximum Gasteiger partial charge on any atom is 0.344 e. The second-order valence-electron chi connectivity index (χ2n) is 3.80. The Balaban J connectivity index is 2.72. The van der Waals surface area contributed by atoms with Crippen molar-refractivity contribution in [3.63, 3.8) is 0 Å². The molecule has 2 aromatic rings. The van der Waals surface area contributed by atoms with Crippen LogP contribution in [0.15, 0.2) is 46.7 Å². The van der Waals surface area contributed by atoms with Gasteiger partial charge >= 0.3 is 5.97 Å². The second kappa shape index (κ2) is 5.75. The number of carbonyl (C=O) groups is 1. The van der Waals surface area contributed by atoms with E-state index in [4.69, 9.17) is 0 Å². The number of nitrogens with one attached hydrogen (secondary N) is 1. The van der Waals surface area contributed by atoms with Gasteiger partial charge in [-0.3, -0.25) is 4.79 Å². The Kier molecular flexibility index (Phi) is 4.06. The number of fused-ring (bicyclic) bond motifs is 1. The van der Waals surface area contributed by atoms with Crippen LogP contribution in [0.5, 0.6) is 0 Å². The van der Waals surface area contributed by atoms with Gasteiger partial charge in [-0.05, 0) is 12.1 Å². The second-order valence-corrected chi connectivity index (χ2v) is 4.83. The number of carbonyl (C=O) groups excluding carboxylic acids is 1. The highest BCUT2D eigenvalue weighted by molar-refractivity contribution is 7.99. The third-order valence-corrected chi connectivity index (χ3v) is 3.61.